The molecule has 0 amide bonds. The number of rotatable bonds is 15. The van der Waals surface area contributed by atoms with Crippen LogP contribution in [0, 0.1) is 11.8 Å². The third-order valence-corrected chi connectivity index (χ3v) is 11.0. The summed E-state index contributed by atoms with van der Waals surface area (Å²) in [6.07, 6.45) is 2.67. The minimum atomic E-state index is -0.891. The normalized spacial score (nSPS) is 12.2. The van der Waals surface area contributed by atoms with E-state index in [-0.39, 0.29) is 0 Å². The second-order valence-electron chi connectivity index (χ2n) is 19.0. The van der Waals surface area contributed by atoms with E-state index < -0.39 is 11.2 Å². The fourth-order valence-corrected chi connectivity index (χ4v) is 8.28. The van der Waals surface area contributed by atoms with Gasteiger partial charge in [0, 0.05) is 37.3 Å². The first-order valence-electron chi connectivity index (χ1n) is 22.2. The Labute approximate surface area is 376 Å². The zero-order valence-electron chi connectivity index (χ0n) is 39.1. The molecule has 0 saturated heterocycles. The molecule has 0 radical (unpaired) electrons. The predicted molar refractivity (Wildman–Crippen MR) is 258 cm³/mol. The summed E-state index contributed by atoms with van der Waals surface area (Å²) in [6, 6.07) is 32.4. The van der Waals surface area contributed by atoms with Crippen molar-refractivity contribution in [3.8, 4) is 11.5 Å². The molecule has 4 aromatic carbocycles. The standard InChI is InChI=1S/C34H40N4O3.C18H24N4O/c1-23(2)19-29-31(20-34(3,4)39)38-30-10-8-7-9-28(30)35-32(33(38)36-29)37(21-24-11-15-26(40-5)16-12-24)22-25-13-17-27(41-6)18-14-25;1-11(2)9-13-15(10-18(3,4)23)22-14-8-6-5-7-12(14)20-16(19)17(22)21-13/h7-18,23,39H,19-22H2,1-6H3;5-8,11,23H,9-10H2,1-4H3,(H2,19,20). The van der Waals surface area contributed by atoms with Crippen molar-refractivity contribution in [2.45, 2.75) is 105 Å². The molecule has 0 atom stereocenters. The fourth-order valence-electron chi connectivity index (χ4n) is 8.28. The average molecular weight is 865 g/mol. The molecule has 0 unspecified atom stereocenters. The monoisotopic (exact) mass is 865 g/mol. The Morgan fingerprint density at radius 3 is 1.41 bits per heavy atom. The number of ether oxygens (including phenoxy) is 2. The summed E-state index contributed by atoms with van der Waals surface area (Å²) in [5.74, 6) is 3.77. The Balaban J connectivity index is 0.000000225. The Morgan fingerprint density at radius 1 is 0.578 bits per heavy atom. The molecular weight excluding hydrogens is 801 g/mol. The van der Waals surface area contributed by atoms with E-state index in [1.54, 1.807) is 14.2 Å². The van der Waals surface area contributed by atoms with Crippen LogP contribution in [0.25, 0.3) is 33.4 Å². The van der Waals surface area contributed by atoms with Crippen LogP contribution in [0.15, 0.2) is 97.1 Å². The minimum Gasteiger partial charge on any atom is -0.497 e. The summed E-state index contributed by atoms with van der Waals surface area (Å²) in [5.41, 5.74) is 15.9. The van der Waals surface area contributed by atoms with Crippen molar-refractivity contribution >= 4 is 45.0 Å². The summed E-state index contributed by atoms with van der Waals surface area (Å²) in [7, 11) is 3.36. The first-order valence-corrected chi connectivity index (χ1v) is 22.2. The highest BCUT2D eigenvalue weighted by Crippen LogP contribution is 2.33. The summed E-state index contributed by atoms with van der Waals surface area (Å²) in [5, 5.41) is 21.3. The number of para-hydroxylation sites is 4. The average Bonchev–Trinajstić information content (AvgIpc) is 3.76. The molecule has 0 spiro atoms. The van der Waals surface area contributed by atoms with E-state index in [2.05, 4.69) is 76.7 Å². The highest BCUT2D eigenvalue weighted by atomic mass is 16.5. The van der Waals surface area contributed by atoms with Gasteiger partial charge in [0.1, 0.15) is 11.5 Å². The molecule has 8 rings (SSSR count). The molecule has 4 heterocycles. The molecule has 336 valence electrons. The van der Waals surface area contributed by atoms with Gasteiger partial charge < -0.3 is 30.3 Å². The van der Waals surface area contributed by atoms with Crippen LogP contribution in [0.1, 0.15) is 89.3 Å². The van der Waals surface area contributed by atoms with Gasteiger partial charge in [-0.2, -0.15) is 0 Å². The number of nitrogens with zero attached hydrogens (tertiary/aromatic N) is 7. The maximum Gasteiger partial charge on any atom is 0.181 e. The number of benzene rings is 4. The largest absolute Gasteiger partial charge is 0.497 e. The molecule has 0 fully saturated rings. The van der Waals surface area contributed by atoms with Crippen LogP contribution in [-0.4, -0.2) is 64.4 Å². The van der Waals surface area contributed by atoms with E-state index >= 15 is 0 Å². The third kappa shape index (κ3) is 10.6. The van der Waals surface area contributed by atoms with Gasteiger partial charge in [-0.1, -0.05) is 76.2 Å². The predicted octanol–water partition coefficient (Wildman–Crippen LogP) is 9.59. The van der Waals surface area contributed by atoms with Crippen LogP contribution >= 0.6 is 0 Å². The van der Waals surface area contributed by atoms with Crippen molar-refractivity contribution in [1.82, 2.24) is 28.7 Å². The lowest BCUT2D eigenvalue weighted by Gasteiger charge is -2.26. The zero-order chi connectivity index (χ0) is 45.9. The van der Waals surface area contributed by atoms with E-state index in [1.807, 2.05) is 94.4 Å². The lowest BCUT2D eigenvalue weighted by Crippen LogP contribution is -2.25. The SMILES string of the molecule is CC(C)Cc1nc2c(N)nc3ccccc3n2c1CC(C)(C)O.COc1ccc(CN(Cc2ccc(OC)cc2)c2nc3ccccc3n3c(CC(C)(C)O)c(CC(C)C)nc23)cc1. The Morgan fingerprint density at radius 2 is 0.984 bits per heavy atom. The van der Waals surface area contributed by atoms with Gasteiger partial charge in [0.05, 0.1) is 58.9 Å². The quantitative estimate of drug-likeness (QED) is 0.0910. The van der Waals surface area contributed by atoms with Crippen LogP contribution in [0.2, 0.25) is 0 Å². The first kappa shape index (κ1) is 45.8. The summed E-state index contributed by atoms with van der Waals surface area (Å²) >= 11 is 0. The van der Waals surface area contributed by atoms with E-state index in [0.29, 0.717) is 49.2 Å². The highest BCUT2D eigenvalue weighted by molar-refractivity contribution is 5.85. The molecule has 64 heavy (non-hydrogen) atoms. The molecule has 4 aromatic heterocycles. The zero-order valence-corrected chi connectivity index (χ0v) is 39.1. The smallest absolute Gasteiger partial charge is 0.181 e. The van der Waals surface area contributed by atoms with Gasteiger partial charge in [-0.25, -0.2) is 19.9 Å². The van der Waals surface area contributed by atoms with Crippen LogP contribution in [0.5, 0.6) is 11.5 Å². The second kappa shape index (κ2) is 18.8. The fraction of sp³-hybridized carbons (Fsp3) is 0.385. The Kier molecular flexibility index (Phi) is 13.5. The summed E-state index contributed by atoms with van der Waals surface area (Å²) < 4.78 is 15.1. The van der Waals surface area contributed by atoms with E-state index in [9.17, 15) is 10.2 Å². The number of nitrogens with two attached hydrogens (primary N) is 1. The van der Waals surface area contributed by atoms with Gasteiger partial charge in [0.15, 0.2) is 22.9 Å². The van der Waals surface area contributed by atoms with Crippen molar-refractivity contribution in [3.05, 3.63) is 131 Å². The maximum absolute atomic E-state index is 10.9. The number of methoxy groups -OCH3 is 2. The highest BCUT2D eigenvalue weighted by Gasteiger charge is 2.27. The number of hydrogen-bond donors (Lipinski definition) is 3. The van der Waals surface area contributed by atoms with Gasteiger partial charge in [-0.15, -0.1) is 0 Å². The molecule has 0 bridgehead atoms. The van der Waals surface area contributed by atoms with Crippen molar-refractivity contribution < 1.29 is 19.7 Å². The van der Waals surface area contributed by atoms with E-state index in [0.717, 1.165) is 91.8 Å². The summed E-state index contributed by atoms with van der Waals surface area (Å²) in [4.78, 5) is 22.0. The second-order valence-corrected chi connectivity index (χ2v) is 19.0. The molecule has 12 nitrogen and oxygen atoms in total. The molecule has 0 aliphatic carbocycles. The van der Waals surface area contributed by atoms with Gasteiger partial charge in [-0.3, -0.25) is 8.80 Å². The molecule has 12 heteroatoms. The molecular formula is C52H64N8O4. The molecule has 0 aliphatic rings. The van der Waals surface area contributed by atoms with Crippen LogP contribution in [0.4, 0.5) is 11.6 Å². The minimum absolute atomic E-state index is 0.415. The molecule has 0 aliphatic heterocycles. The van der Waals surface area contributed by atoms with Crippen molar-refractivity contribution in [3.63, 3.8) is 0 Å². The number of anilines is 2. The molecule has 8 aromatic rings. The number of hydrogen-bond acceptors (Lipinski definition) is 10. The number of nitrogen functional groups attached to an aromatic ring is 1. The van der Waals surface area contributed by atoms with Gasteiger partial charge in [0.2, 0.25) is 0 Å². The maximum atomic E-state index is 10.9. The van der Waals surface area contributed by atoms with E-state index in [1.165, 1.54) is 0 Å². The Bertz CT molecular complexity index is 2800. The van der Waals surface area contributed by atoms with Crippen molar-refractivity contribution in [2.24, 2.45) is 11.8 Å². The van der Waals surface area contributed by atoms with Crippen LogP contribution in [-0.2, 0) is 38.8 Å². The lowest BCUT2D eigenvalue weighted by molar-refractivity contribution is 0.0788. The molecule has 0 saturated carbocycles. The van der Waals surface area contributed by atoms with Crippen molar-refractivity contribution in [2.75, 3.05) is 24.9 Å². The first-order chi connectivity index (χ1) is 30.4. The van der Waals surface area contributed by atoms with Crippen LogP contribution < -0.4 is 20.1 Å². The van der Waals surface area contributed by atoms with Gasteiger partial charge in [-0.05, 0) is 112 Å². The van der Waals surface area contributed by atoms with Crippen molar-refractivity contribution in [1.29, 1.82) is 0 Å². The summed E-state index contributed by atoms with van der Waals surface area (Å²) in [6.45, 7) is 17.3. The third-order valence-electron chi connectivity index (χ3n) is 11.0. The number of imidazole rings is 2. The Hall–Kier alpha value is -6.24. The van der Waals surface area contributed by atoms with Crippen LogP contribution in [0.3, 0.4) is 0 Å². The lowest BCUT2D eigenvalue weighted by atomic mass is 9.98. The van der Waals surface area contributed by atoms with E-state index in [4.69, 9.17) is 30.2 Å². The number of fused-ring (bicyclic) bond motifs is 6. The van der Waals surface area contributed by atoms with Gasteiger partial charge >= 0.3 is 0 Å². The van der Waals surface area contributed by atoms with Gasteiger partial charge in [0.25, 0.3) is 0 Å². The number of aliphatic hydroxyl groups is 2. The molecule has 4 N–H and O–H groups in total. The topological polar surface area (TPSA) is 149 Å². The number of aromatic nitrogens is 6.